The fourth-order valence-electron chi connectivity index (χ4n) is 3.14. The molecule has 1 atom stereocenters. The normalized spacial score (nSPS) is 16.1. The Kier molecular flexibility index (Phi) is 5.77. The summed E-state index contributed by atoms with van der Waals surface area (Å²) in [5.41, 5.74) is 0.309. The molecule has 1 unspecified atom stereocenters. The Labute approximate surface area is 154 Å². The third kappa shape index (κ3) is 4.29. The van der Waals surface area contributed by atoms with Crippen molar-refractivity contribution in [2.75, 3.05) is 32.8 Å². The van der Waals surface area contributed by atoms with Gasteiger partial charge in [0.2, 0.25) is 5.69 Å². The van der Waals surface area contributed by atoms with Crippen LogP contribution in [0, 0.1) is 22.9 Å². The van der Waals surface area contributed by atoms with E-state index in [-0.39, 0.29) is 35.5 Å². The molecule has 1 aliphatic rings. The van der Waals surface area contributed by atoms with E-state index in [0.29, 0.717) is 31.9 Å². The number of nitro groups is 1. The minimum absolute atomic E-state index is 0.158. The highest BCUT2D eigenvalue weighted by Gasteiger charge is 2.29. The first-order chi connectivity index (χ1) is 13.0. The molecular weight excluding hydrogens is 357 g/mol. The molecule has 0 radical (unpaired) electrons. The van der Waals surface area contributed by atoms with Crippen molar-refractivity contribution in [1.29, 1.82) is 0 Å². The number of H-pyrrole nitrogens is 1. The van der Waals surface area contributed by atoms with Crippen molar-refractivity contribution < 1.29 is 18.8 Å². The van der Waals surface area contributed by atoms with Gasteiger partial charge in [0.25, 0.3) is 5.91 Å². The van der Waals surface area contributed by atoms with Crippen LogP contribution < -0.4 is 5.32 Å². The van der Waals surface area contributed by atoms with Crippen molar-refractivity contribution >= 4 is 11.6 Å². The zero-order valence-corrected chi connectivity index (χ0v) is 14.8. The topological polar surface area (TPSA) is 113 Å². The molecule has 144 valence electrons. The Hall–Kier alpha value is -2.85. The predicted octanol–water partition coefficient (Wildman–Crippen LogP) is 1.57. The summed E-state index contributed by atoms with van der Waals surface area (Å²) in [5.74, 6) is -1.02. The number of nitrogens with zero attached hydrogens (tertiary/aromatic N) is 3. The number of rotatable bonds is 6. The summed E-state index contributed by atoms with van der Waals surface area (Å²) >= 11 is 0. The molecule has 2 N–H and O–H groups in total. The average Bonchev–Trinajstić information content (AvgIpc) is 3.04. The number of morpholine rings is 1. The Balaban J connectivity index is 1.78. The van der Waals surface area contributed by atoms with Crippen LogP contribution in [0.5, 0.6) is 0 Å². The Morgan fingerprint density at radius 2 is 2.22 bits per heavy atom. The van der Waals surface area contributed by atoms with Gasteiger partial charge in [0.15, 0.2) is 0 Å². The quantitative estimate of drug-likeness (QED) is 0.584. The SMILES string of the molecule is Cc1[nH]nc(C(=O)NCC(c2cccc(F)c2)N2CCOCC2)c1[N+](=O)[O-]. The highest BCUT2D eigenvalue weighted by Crippen LogP contribution is 2.23. The summed E-state index contributed by atoms with van der Waals surface area (Å²) in [4.78, 5) is 25.1. The smallest absolute Gasteiger partial charge is 0.322 e. The molecule has 27 heavy (non-hydrogen) atoms. The van der Waals surface area contributed by atoms with Crippen molar-refractivity contribution in [2.45, 2.75) is 13.0 Å². The van der Waals surface area contributed by atoms with E-state index in [0.717, 1.165) is 0 Å². The lowest BCUT2D eigenvalue weighted by atomic mass is 10.0. The van der Waals surface area contributed by atoms with Gasteiger partial charge in [0, 0.05) is 19.6 Å². The number of nitrogens with one attached hydrogen (secondary N) is 2. The third-order valence-electron chi connectivity index (χ3n) is 4.49. The maximum Gasteiger partial charge on any atom is 0.322 e. The number of carbonyl (C=O) groups excluding carboxylic acids is 1. The van der Waals surface area contributed by atoms with Gasteiger partial charge in [-0.1, -0.05) is 12.1 Å². The Bertz CT molecular complexity index is 834. The van der Waals surface area contributed by atoms with Gasteiger partial charge < -0.3 is 10.1 Å². The molecule has 1 amide bonds. The summed E-state index contributed by atoms with van der Waals surface area (Å²) in [6.45, 7) is 4.00. The van der Waals surface area contributed by atoms with Crippen LogP contribution >= 0.6 is 0 Å². The molecule has 3 rings (SSSR count). The fraction of sp³-hybridized carbons (Fsp3) is 0.412. The van der Waals surface area contributed by atoms with Crippen molar-refractivity contribution in [3.8, 4) is 0 Å². The zero-order valence-electron chi connectivity index (χ0n) is 14.8. The zero-order chi connectivity index (χ0) is 19.4. The lowest BCUT2D eigenvalue weighted by Gasteiger charge is -2.34. The van der Waals surface area contributed by atoms with Crippen LogP contribution in [-0.2, 0) is 4.74 Å². The van der Waals surface area contributed by atoms with E-state index in [9.17, 15) is 19.3 Å². The van der Waals surface area contributed by atoms with E-state index in [1.54, 1.807) is 12.1 Å². The van der Waals surface area contributed by atoms with E-state index in [2.05, 4.69) is 20.4 Å². The molecule has 1 fully saturated rings. The number of hydrogen-bond donors (Lipinski definition) is 2. The van der Waals surface area contributed by atoms with Gasteiger partial charge in [0.1, 0.15) is 11.5 Å². The Morgan fingerprint density at radius 3 is 2.89 bits per heavy atom. The molecule has 1 aliphatic heterocycles. The second-order valence-electron chi connectivity index (χ2n) is 6.23. The average molecular weight is 377 g/mol. The van der Waals surface area contributed by atoms with Crippen LogP contribution in [0.25, 0.3) is 0 Å². The number of aryl methyl sites for hydroxylation is 1. The molecule has 1 aromatic carbocycles. The molecule has 0 bridgehead atoms. The molecule has 1 aromatic heterocycles. The summed E-state index contributed by atoms with van der Waals surface area (Å²) in [6.07, 6.45) is 0. The van der Waals surface area contributed by atoms with Crippen LogP contribution in [0.3, 0.4) is 0 Å². The summed E-state index contributed by atoms with van der Waals surface area (Å²) in [7, 11) is 0. The van der Waals surface area contributed by atoms with Crippen molar-refractivity contribution in [2.24, 2.45) is 0 Å². The van der Waals surface area contributed by atoms with Gasteiger partial charge in [-0.3, -0.25) is 24.9 Å². The number of carbonyl (C=O) groups is 1. The minimum Gasteiger partial charge on any atom is -0.379 e. The largest absolute Gasteiger partial charge is 0.379 e. The number of aromatic nitrogens is 2. The molecule has 1 saturated heterocycles. The highest BCUT2D eigenvalue weighted by molar-refractivity contribution is 5.96. The van der Waals surface area contributed by atoms with Crippen LogP contribution in [0.15, 0.2) is 24.3 Å². The van der Waals surface area contributed by atoms with E-state index < -0.39 is 10.8 Å². The maximum absolute atomic E-state index is 13.7. The van der Waals surface area contributed by atoms with Gasteiger partial charge in [-0.15, -0.1) is 0 Å². The fourth-order valence-corrected chi connectivity index (χ4v) is 3.14. The lowest BCUT2D eigenvalue weighted by Crippen LogP contribution is -2.44. The molecule has 9 nitrogen and oxygen atoms in total. The van der Waals surface area contributed by atoms with Gasteiger partial charge >= 0.3 is 5.69 Å². The molecular formula is C17H20FN5O4. The molecule has 0 aliphatic carbocycles. The van der Waals surface area contributed by atoms with Gasteiger partial charge in [-0.2, -0.15) is 5.10 Å². The first-order valence-corrected chi connectivity index (χ1v) is 8.52. The molecule has 0 spiro atoms. The van der Waals surface area contributed by atoms with E-state index in [1.165, 1.54) is 19.1 Å². The molecule has 2 aromatic rings. The standard InChI is InChI=1S/C17H20FN5O4/c1-11-16(23(25)26)15(21-20-11)17(24)19-10-14(22-5-7-27-8-6-22)12-3-2-4-13(18)9-12/h2-4,9,14H,5-8,10H2,1H3,(H,19,24)(H,20,21). The number of amides is 1. The van der Waals surface area contributed by atoms with Crippen molar-refractivity contribution in [1.82, 2.24) is 20.4 Å². The highest BCUT2D eigenvalue weighted by atomic mass is 19.1. The van der Waals surface area contributed by atoms with Crippen LogP contribution in [0.2, 0.25) is 0 Å². The van der Waals surface area contributed by atoms with Gasteiger partial charge in [0.05, 0.1) is 24.2 Å². The third-order valence-corrected chi connectivity index (χ3v) is 4.49. The lowest BCUT2D eigenvalue weighted by molar-refractivity contribution is -0.385. The molecule has 2 heterocycles. The monoisotopic (exact) mass is 377 g/mol. The first-order valence-electron chi connectivity index (χ1n) is 8.52. The first kappa shape index (κ1) is 18.9. The number of benzene rings is 1. The number of hydrogen-bond acceptors (Lipinski definition) is 6. The minimum atomic E-state index is -0.652. The van der Waals surface area contributed by atoms with E-state index in [1.807, 2.05) is 0 Å². The van der Waals surface area contributed by atoms with Crippen molar-refractivity contribution in [3.05, 3.63) is 57.1 Å². The van der Waals surface area contributed by atoms with Gasteiger partial charge in [-0.05, 0) is 24.6 Å². The number of halogens is 1. The molecule has 10 heteroatoms. The van der Waals surface area contributed by atoms with Gasteiger partial charge in [-0.25, -0.2) is 4.39 Å². The Morgan fingerprint density at radius 1 is 1.48 bits per heavy atom. The second kappa shape index (κ2) is 8.23. The van der Waals surface area contributed by atoms with Crippen molar-refractivity contribution in [3.63, 3.8) is 0 Å². The molecule has 0 saturated carbocycles. The van der Waals surface area contributed by atoms with E-state index >= 15 is 0 Å². The predicted molar refractivity (Wildman–Crippen MR) is 93.8 cm³/mol. The summed E-state index contributed by atoms with van der Waals surface area (Å²) in [5, 5.41) is 20.0. The van der Waals surface area contributed by atoms with Crippen LogP contribution in [0.4, 0.5) is 10.1 Å². The summed E-state index contributed by atoms with van der Waals surface area (Å²) < 4.78 is 19.0. The maximum atomic E-state index is 13.7. The number of aromatic amines is 1. The van der Waals surface area contributed by atoms with E-state index in [4.69, 9.17) is 4.74 Å². The van der Waals surface area contributed by atoms with Crippen LogP contribution in [0.1, 0.15) is 27.8 Å². The van der Waals surface area contributed by atoms with Crippen LogP contribution in [-0.4, -0.2) is 58.8 Å². The number of ether oxygens (including phenoxy) is 1. The summed E-state index contributed by atoms with van der Waals surface area (Å²) in [6, 6.07) is 5.90. The second-order valence-corrected chi connectivity index (χ2v) is 6.23.